The van der Waals surface area contributed by atoms with Crippen LogP contribution >= 0.6 is 0 Å². The normalized spacial score (nSPS) is 18.6. The van der Waals surface area contributed by atoms with Gasteiger partial charge in [-0.2, -0.15) is 0 Å². The van der Waals surface area contributed by atoms with Crippen molar-refractivity contribution in [2.24, 2.45) is 11.8 Å². The molecule has 5 nitrogen and oxygen atoms in total. The maximum atomic E-state index is 12.4. The number of hydrogen-bond donors (Lipinski definition) is 3. The van der Waals surface area contributed by atoms with Crippen molar-refractivity contribution in [2.75, 3.05) is 6.61 Å². The Balaban J connectivity index is 2.08. The Morgan fingerprint density at radius 3 is 2.68 bits per heavy atom. The van der Waals surface area contributed by atoms with Crippen LogP contribution in [0.2, 0.25) is 0 Å². The summed E-state index contributed by atoms with van der Waals surface area (Å²) in [5, 5.41) is 15.6. The molecule has 0 aliphatic heterocycles. The van der Waals surface area contributed by atoms with Gasteiger partial charge < -0.3 is 15.7 Å². The van der Waals surface area contributed by atoms with Gasteiger partial charge in [-0.15, -0.1) is 0 Å². The highest BCUT2D eigenvalue weighted by atomic mass is 16.3. The van der Waals surface area contributed by atoms with Crippen molar-refractivity contribution < 1.29 is 9.90 Å². The second-order valence-corrected chi connectivity index (χ2v) is 6.88. The van der Waals surface area contributed by atoms with E-state index in [4.69, 9.17) is 0 Å². The van der Waals surface area contributed by atoms with Gasteiger partial charge in [-0.3, -0.25) is 4.98 Å². The molecule has 0 saturated heterocycles. The van der Waals surface area contributed by atoms with Crippen LogP contribution < -0.4 is 10.6 Å². The largest absolute Gasteiger partial charge is 0.394 e. The van der Waals surface area contributed by atoms with E-state index in [0.29, 0.717) is 5.92 Å². The topological polar surface area (TPSA) is 74.2 Å². The van der Waals surface area contributed by atoms with Crippen LogP contribution in [0.3, 0.4) is 0 Å². The van der Waals surface area contributed by atoms with Crippen LogP contribution in [0.25, 0.3) is 0 Å². The predicted molar refractivity (Wildman–Crippen MR) is 86.4 cm³/mol. The average molecular weight is 305 g/mol. The molecule has 0 aromatic carbocycles. The van der Waals surface area contributed by atoms with Crippen molar-refractivity contribution >= 4 is 6.03 Å². The molecule has 2 rings (SSSR count). The second kappa shape index (κ2) is 6.65. The summed E-state index contributed by atoms with van der Waals surface area (Å²) >= 11 is 0. The van der Waals surface area contributed by atoms with E-state index in [2.05, 4.69) is 29.5 Å². The lowest BCUT2D eigenvalue weighted by Crippen LogP contribution is -2.55. The molecule has 2 unspecified atom stereocenters. The van der Waals surface area contributed by atoms with Gasteiger partial charge in [0.2, 0.25) is 0 Å². The minimum atomic E-state index is -0.537. The number of rotatable bonds is 6. The number of carbonyl (C=O) groups excluding carboxylic acids is 1. The fraction of sp³-hybridized carbons (Fsp3) is 0.647. The molecule has 5 heteroatoms. The van der Waals surface area contributed by atoms with Crippen LogP contribution in [0.1, 0.15) is 50.9 Å². The van der Waals surface area contributed by atoms with Crippen molar-refractivity contribution in [3.8, 4) is 0 Å². The Morgan fingerprint density at radius 1 is 1.50 bits per heavy atom. The first-order chi connectivity index (χ1) is 10.4. The Kier molecular flexibility index (Phi) is 5.06. The van der Waals surface area contributed by atoms with Crippen molar-refractivity contribution in [1.29, 1.82) is 0 Å². The van der Waals surface area contributed by atoms with Gasteiger partial charge in [0.1, 0.15) is 0 Å². The van der Waals surface area contributed by atoms with Gasteiger partial charge in [0, 0.05) is 6.20 Å². The van der Waals surface area contributed by atoms with E-state index >= 15 is 0 Å². The minimum absolute atomic E-state index is 0.0416. The molecule has 2 amide bonds. The number of aromatic nitrogens is 1. The van der Waals surface area contributed by atoms with Crippen molar-refractivity contribution in [3.63, 3.8) is 0 Å². The minimum Gasteiger partial charge on any atom is -0.394 e. The predicted octanol–water partition coefficient (Wildman–Crippen LogP) is 2.55. The van der Waals surface area contributed by atoms with Gasteiger partial charge >= 0.3 is 6.03 Å². The van der Waals surface area contributed by atoms with Crippen molar-refractivity contribution in [1.82, 2.24) is 15.6 Å². The Labute approximate surface area is 132 Å². The molecule has 2 atom stereocenters. The van der Waals surface area contributed by atoms with Crippen molar-refractivity contribution in [3.05, 3.63) is 29.6 Å². The molecule has 1 aliphatic rings. The van der Waals surface area contributed by atoms with Crippen LogP contribution in [0.5, 0.6) is 0 Å². The number of aliphatic hydroxyl groups excluding tert-OH is 1. The highest BCUT2D eigenvalue weighted by molar-refractivity contribution is 5.75. The molecule has 1 aliphatic carbocycles. The van der Waals surface area contributed by atoms with Gasteiger partial charge in [0.05, 0.1) is 23.9 Å². The lowest BCUT2D eigenvalue weighted by atomic mass is 9.96. The van der Waals surface area contributed by atoms with Gasteiger partial charge in [0.15, 0.2) is 0 Å². The number of nitrogens with zero attached hydrogens (tertiary/aromatic N) is 1. The molecule has 0 spiro atoms. The summed E-state index contributed by atoms with van der Waals surface area (Å²) in [5.74, 6) is 0.595. The Hall–Kier alpha value is -1.62. The SMILES string of the molecule is Cc1cccnc1C(NC(=O)NC(C)(CO)C1CC1)C(C)C. The van der Waals surface area contributed by atoms with Crippen LogP contribution in [0.4, 0.5) is 4.79 Å². The van der Waals surface area contributed by atoms with Gasteiger partial charge in [-0.1, -0.05) is 19.9 Å². The monoisotopic (exact) mass is 305 g/mol. The van der Waals surface area contributed by atoms with Crippen LogP contribution in [0.15, 0.2) is 18.3 Å². The molecule has 122 valence electrons. The summed E-state index contributed by atoms with van der Waals surface area (Å²) in [4.78, 5) is 16.8. The van der Waals surface area contributed by atoms with Crippen molar-refractivity contribution in [2.45, 2.75) is 52.1 Å². The summed E-state index contributed by atoms with van der Waals surface area (Å²) in [6, 6.07) is 3.50. The number of aliphatic hydroxyl groups is 1. The molecular weight excluding hydrogens is 278 g/mol. The maximum Gasteiger partial charge on any atom is 0.315 e. The summed E-state index contributed by atoms with van der Waals surface area (Å²) in [6.45, 7) is 7.98. The summed E-state index contributed by atoms with van der Waals surface area (Å²) in [5.41, 5.74) is 1.42. The van der Waals surface area contributed by atoms with Gasteiger partial charge in [-0.25, -0.2) is 4.79 Å². The van der Waals surface area contributed by atoms with E-state index in [0.717, 1.165) is 24.1 Å². The zero-order valence-electron chi connectivity index (χ0n) is 13.9. The number of amides is 2. The number of urea groups is 1. The molecule has 0 radical (unpaired) electrons. The number of nitrogens with one attached hydrogen (secondary N) is 2. The average Bonchev–Trinajstić information content (AvgIpc) is 3.30. The third kappa shape index (κ3) is 3.77. The zero-order chi connectivity index (χ0) is 16.3. The highest BCUT2D eigenvalue weighted by Crippen LogP contribution is 2.39. The third-order valence-corrected chi connectivity index (χ3v) is 4.50. The first-order valence-electron chi connectivity index (χ1n) is 7.98. The van der Waals surface area contributed by atoms with Crippen LogP contribution in [0, 0.1) is 18.8 Å². The number of pyridine rings is 1. The van der Waals surface area contributed by atoms with Crippen LogP contribution in [-0.4, -0.2) is 28.3 Å². The molecule has 3 N–H and O–H groups in total. The first-order valence-corrected chi connectivity index (χ1v) is 7.98. The molecule has 1 fully saturated rings. The first kappa shape index (κ1) is 16.7. The molecule has 22 heavy (non-hydrogen) atoms. The van der Waals surface area contributed by atoms with E-state index in [1.165, 1.54) is 0 Å². The number of carbonyl (C=O) groups is 1. The molecule has 1 heterocycles. The summed E-state index contributed by atoms with van der Waals surface area (Å²) in [7, 11) is 0. The van der Waals surface area contributed by atoms with Crippen LogP contribution in [-0.2, 0) is 0 Å². The van der Waals surface area contributed by atoms with E-state index in [1.807, 2.05) is 26.0 Å². The fourth-order valence-corrected chi connectivity index (χ4v) is 2.80. The van der Waals surface area contributed by atoms with E-state index in [9.17, 15) is 9.90 Å². The standard InChI is InChI=1S/C17H27N3O2/c1-11(2)14(15-12(3)6-5-9-18-15)19-16(22)20-17(4,10-21)13-7-8-13/h5-6,9,11,13-14,21H,7-8,10H2,1-4H3,(H2,19,20,22). The molecular formula is C17H27N3O2. The van der Waals surface area contributed by atoms with E-state index in [-0.39, 0.29) is 24.6 Å². The molecule has 1 aromatic rings. The zero-order valence-corrected chi connectivity index (χ0v) is 13.9. The fourth-order valence-electron chi connectivity index (χ4n) is 2.80. The summed E-state index contributed by atoms with van der Waals surface area (Å²) in [6.07, 6.45) is 3.87. The Bertz CT molecular complexity index is 528. The Morgan fingerprint density at radius 2 is 2.18 bits per heavy atom. The quantitative estimate of drug-likeness (QED) is 0.756. The number of hydrogen-bond acceptors (Lipinski definition) is 3. The lowest BCUT2D eigenvalue weighted by Gasteiger charge is -2.31. The smallest absolute Gasteiger partial charge is 0.315 e. The van der Waals surface area contributed by atoms with Gasteiger partial charge in [-0.05, 0) is 50.2 Å². The molecule has 1 aromatic heterocycles. The van der Waals surface area contributed by atoms with Gasteiger partial charge in [0.25, 0.3) is 0 Å². The lowest BCUT2D eigenvalue weighted by molar-refractivity contribution is 0.153. The number of aryl methyl sites for hydroxylation is 1. The highest BCUT2D eigenvalue weighted by Gasteiger charge is 2.42. The summed E-state index contributed by atoms with van der Waals surface area (Å²) < 4.78 is 0. The van der Waals surface area contributed by atoms with E-state index in [1.54, 1.807) is 6.20 Å². The second-order valence-electron chi connectivity index (χ2n) is 6.88. The molecule has 1 saturated carbocycles. The van der Waals surface area contributed by atoms with E-state index < -0.39 is 5.54 Å². The molecule has 0 bridgehead atoms. The maximum absolute atomic E-state index is 12.4. The third-order valence-electron chi connectivity index (χ3n) is 4.50.